The molecule has 1 aromatic carbocycles. The second-order valence-electron chi connectivity index (χ2n) is 6.66. The molecule has 1 aliphatic rings. The van der Waals surface area contributed by atoms with Gasteiger partial charge in [0.05, 0.1) is 12.0 Å². The monoisotopic (exact) mass is 367 g/mol. The molecule has 26 heavy (non-hydrogen) atoms. The highest BCUT2D eigenvalue weighted by Crippen LogP contribution is 2.32. The van der Waals surface area contributed by atoms with E-state index in [1.54, 1.807) is 6.07 Å². The molecule has 0 radical (unpaired) electrons. The van der Waals surface area contributed by atoms with Crippen molar-refractivity contribution in [2.24, 2.45) is 5.92 Å². The molecule has 0 aliphatic heterocycles. The minimum atomic E-state index is -4.39. The van der Waals surface area contributed by atoms with E-state index in [4.69, 9.17) is 4.42 Å². The summed E-state index contributed by atoms with van der Waals surface area (Å²) in [6.45, 7) is 2.00. The fourth-order valence-corrected chi connectivity index (χ4v) is 2.75. The number of benzene rings is 1. The Morgan fingerprint density at radius 2 is 2.04 bits per heavy atom. The van der Waals surface area contributed by atoms with Gasteiger partial charge >= 0.3 is 6.18 Å². The molecule has 1 aromatic heterocycles. The minimum Gasteiger partial charge on any atom is -0.425 e. The number of hydrogen-bond acceptors (Lipinski definition) is 4. The quantitative estimate of drug-likeness (QED) is 0.813. The number of carbonyl (C=O) groups excluding carboxylic acids is 1. The van der Waals surface area contributed by atoms with Gasteiger partial charge in [-0.2, -0.15) is 13.2 Å². The number of carbonyl (C=O) groups is 1. The van der Waals surface area contributed by atoms with Crippen LogP contribution >= 0.6 is 0 Å². The third kappa shape index (κ3) is 5.06. The van der Waals surface area contributed by atoms with Crippen LogP contribution in [0, 0.1) is 5.92 Å². The number of amides is 1. The molecule has 1 aliphatic carbocycles. The zero-order valence-electron chi connectivity index (χ0n) is 14.3. The Morgan fingerprint density at radius 1 is 1.31 bits per heavy atom. The first-order valence-corrected chi connectivity index (χ1v) is 8.58. The lowest BCUT2D eigenvalue weighted by Gasteiger charge is -2.11. The van der Waals surface area contributed by atoms with Gasteiger partial charge in [0.1, 0.15) is 0 Å². The highest BCUT2D eigenvalue weighted by molar-refractivity contribution is 5.76. The summed E-state index contributed by atoms with van der Waals surface area (Å²) in [6.07, 6.45) is -1.42. The summed E-state index contributed by atoms with van der Waals surface area (Å²) in [5, 5.41) is 10.7. The molecule has 0 spiro atoms. The molecule has 1 amide bonds. The van der Waals surface area contributed by atoms with Crippen LogP contribution in [0.25, 0.3) is 0 Å². The number of nitrogens with zero attached hydrogens (tertiary/aromatic N) is 2. The Bertz CT molecular complexity index is 769. The first kappa shape index (κ1) is 18.4. The number of nitrogens with one attached hydrogen (secondary N) is 1. The van der Waals surface area contributed by atoms with Crippen LogP contribution in [0.2, 0.25) is 0 Å². The van der Waals surface area contributed by atoms with Gasteiger partial charge in [-0.3, -0.25) is 4.79 Å². The van der Waals surface area contributed by atoms with Gasteiger partial charge in [0.25, 0.3) is 0 Å². The molecule has 1 atom stereocenters. The van der Waals surface area contributed by atoms with Crippen molar-refractivity contribution in [1.29, 1.82) is 0 Å². The second kappa shape index (κ2) is 7.47. The minimum absolute atomic E-state index is 0.0676. The average Bonchev–Trinajstić information content (AvgIpc) is 3.34. The lowest BCUT2D eigenvalue weighted by atomic mass is 10.1. The maximum atomic E-state index is 12.7. The Morgan fingerprint density at radius 3 is 2.73 bits per heavy atom. The smallest absolute Gasteiger partial charge is 0.416 e. The van der Waals surface area contributed by atoms with Crippen molar-refractivity contribution in [3.8, 4) is 0 Å². The predicted octanol–water partition coefficient (Wildman–Crippen LogP) is 3.53. The van der Waals surface area contributed by atoms with Crippen LogP contribution in [-0.4, -0.2) is 22.1 Å². The summed E-state index contributed by atoms with van der Waals surface area (Å²) in [7, 11) is 0. The van der Waals surface area contributed by atoms with E-state index in [9.17, 15) is 18.0 Å². The third-order valence-corrected chi connectivity index (χ3v) is 4.40. The van der Waals surface area contributed by atoms with Gasteiger partial charge in [-0.25, -0.2) is 0 Å². The lowest BCUT2D eigenvalue weighted by Crippen LogP contribution is -2.34. The molecule has 0 bridgehead atoms. The lowest BCUT2D eigenvalue weighted by molar-refractivity contribution is -0.137. The van der Waals surface area contributed by atoms with Crippen LogP contribution < -0.4 is 5.32 Å². The Labute approximate surface area is 149 Å². The maximum absolute atomic E-state index is 12.7. The van der Waals surface area contributed by atoms with Gasteiger partial charge < -0.3 is 9.73 Å². The summed E-state index contributed by atoms with van der Waals surface area (Å²) in [5.41, 5.74) is -0.276. The zero-order chi connectivity index (χ0) is 18.7. The van der Waals surface area contributed by atoms with Crippen LogP contribution in [-0.2, 0) is 23.8 Å². The van der Waals surface area contributed by atoms with Crippen LogP contribution in [0.4, 0.5) is 13.2 Å². The van der Waals surface area contributed by atoms with E-state index in [2.05, 4.69) is 15.5 Å². The second-order valence-corrected chi connectivity index (χ2v) is 6.66. The molecule has 1 saturated carbocycles. The summed E-state index contributed by atoms with van der Waals surface area (Å²) >= 11 is 0. The van der Waals surface area contributed by atoms with Gasteiger partial charge in [0, 0.05) is 18.9 Å². The highest BCUT2D eigenvalue weighted by Gasteiger charge is 2.30. The summed E-state index contributed by atoms with van der Waals surface area (Å²) in [5.74, 6) is 1.05. The summed E-state index contributed by atoms with van der Waals surface area (Å²) in [4.78, 5) is 11.9. The molecule has 3 rings (SSSR count). The standard InChI is InChI=1S/C18H20F3N3O2/c1-11(13-5-6-13)22-15(25)7-8-16-23-24-17(26-16)10-12-3-2-4-14(9-12)18(19,20)21/h2-4,9,11,13H,5-8,10H2,1H3,(H,22,25)/t11-/m1/s1. The summed E-state index contributed by atoms with van der Waals surface area (Å²) in [6, 6.07) is 5.19. The van der Waals surface area contributed by atoms with Gasteiger partial charge in [-0.05, 0) is 37.3 Å². The molecule has 1 N–H and O–H groups in total. The van der Waals surface area contributed by atoms with Crippen LogP contribution in [0.3, 0.4) is 0 Å². The topological polar surface area (TPSA) is 68.0 Å². The fraction of sp³-hybridized carbons (Fsp3) is 0.500. The van der Waals surface area contributed by atoms with E-state index < -0.39 is 11.7 Å². The highest BCUT2D eigenvalue weighted by atomic mass is 19.4. The Balaban J connectivity index is 1.52. The van der Waals surface area contributed by atoms with Crippen LogP contribution in [0.1, 0.15) is 49.1 Å². The van der Waals surface area contributed by atoms with Crippen molar-refractivity contribution in [3.05, 3.63) is 47.2 Å². The summed E-state index contributed by atoms with van der Waals surface area (Å²) < 4.78 is 43.7. The fourth-order valence-electron chi connectivity index (χ4n) is 2.75. The van der Waals surface area contributed by atoms with Crippen LogP contribution in [0.15, 0.2) is 28.7 Å². The van der Waals surface area contributed by atoms with Crippen molar-refractivity contribution in [2.45, 2.75) is 51.2 Å². The molecule has 1 fully saturated rings. The molecule has 5 nitrogen and oxygen atoms in total. The predicted molar refractivity (Wildman–Crippen MR) is 87.2 cm³/mol. The van der Waals surface area contributed by atoms with E-state index >= 15 is 0 Å². The number of rotatable bonds is 7. The normalized spacial score (nSPS) is 15.7. The van der Waals surface area contributed by atoms with Gasteiger partial charge in [-0.15, -0.1) is 10.2 Å². The molecular formula is C18H20F3N3O2. The van der Waals surface area contributed by atoms with E-state index in [-0.39, 0.29) is 30.7 Å². The van der Waals surface area contributed by atoms with E-state index in [0.29, 0.717) is 23.8 Å². The SMILES string of the molecule is C[C@@H](NC(=O)CCc1nnc(Cc2cccc(C(F)(F)F)c2)o1)C1CC1. The number of aromatic nitrogens is 2. The molecule has 2 aromatic rings. The average molecular weight is 367 g/mol. The zero-order valence-corrected chi connectivity index (χ0v) is 14.3. The van der Waals surface area contributed by atoms with Gasteiger partial charge in [0.2, 0.25) is 17.7 Å². The van der Waals surface area contributed by atoms with Crippen molar-refractivity contribution in [1.82, 2.24) is 15.5 Å². The van der Waals surface area contributed by atoms with Gasteiger partial charge in [0.15, 0.2) is 0 Å². The van der Waals surface area contributed by atoms with Crippen molar-refractivity contribution in [3.63, 3.8) is 0 Å². The number of aryl methyl sites for hydroxylation is 1. The largest absolute Gasteiger partial charge is 0.425 e. The van der Waals surface area contributed by atoms with E-state index in [0.717, 1.165) is 25.0 Å². The van der Waals surface area contributed by atoms with Crippen molar-refractivity contribution >= 4 is 5.91 Å². The Hall–Kier alpha value is -2.38. The van der Waals surface area contributed by atoms with Crippen molar-refractivity contribution in [2.75, 3.05) is 0 Å². The van der Waals surface area contributed by atoms with Crippen molar-refractivity contribution < 1.29 is 22.4 Å². The van der Waals surface area contributed by atoms with Gasteiger partial charge in [-0.1, -0.05) is 18.2 Å². The third-order valence-electron chi connectivity index (χ3n) is 4.40. The molecular weight excluding hydrogens is 347 g/mol. The van der Waals surface area contributed by atoms with E-state index in [1.807, 2.05) is 6.92 Å². The number of alkyl halides is 3. The Kier molecular flexibility index (Phi) is 5.29. The first-order valence-electron chi connectivity index (χ1n) is 8.58. The molecule has 0 saturated heterocycles. The molecule has 140 valence electrons. The number of halogens is 3. The molecule has 8 heteroatoms. The molecule has 1 heterocycles. The maximum Gasteiger partial charge on any atom is 0.416 e. The number of hydrogen-bond donors (Lipinski definition) is 1. The van der Waals surface area contributed by atoms with E-state index in [1.165, 1.54) is 6.07 Å². The van der Waals surface area contributed by atoms with Crippen LogP contribution in [0.5, 0.6) is 0 Å². The molecule has 0 unspecified atom stereocenters. The first-order chi connectivity index (χ1) is 12.3.